The van der Waals surface area contributed by atoms with Gasteiger partial charge in [0.25, 0.3) is 0 Å². The molecule has 2 aromatic rings. The number of H-pyrrole nitrogens is 1. The van der Waals surface area contributed by atoms with E-state index in [0.717, 1.165) is 17.5 Å². The normalized spacial score (nSPS) is 21.5. The number of hydrogen-bond donors (Lipinski definition) is 1. The maximum Gasteiger partial charge on any atom is 0.512 e. The molecule has 120 valence electrons. The molecule has 1 atom stereocenters. The molecule has 2 heterocycles. The second-order valence-corrected chi connectivity index (χ2v) is 7.43. The second kappa shape index (κ2) is 5.14. The topological polar surface area (TPSA) is 34.2 Å². The number of aromatic amines is 1. The van der Waals surface area contributed by atoms with E-state index in [0.29, 0.717) is 5.92 Å². The van der Waals surface area contributed by atoms with Gasteiger partial charge < -0.3 is 14.3 Å². The van der Waals surface area contributed by atoms with Gasteiger partial charge in [0.15, 0.2) is 0 Å². The molecule has 3 nitrogen and oxygen atoms in total. The quantitative estimate of drug-likeness (QED) is 0.861. The van der Waals surface area contributed by atoms with Crippen LogP contribution in [0.2, 0.25) is 0 Å². The van der Waals surface area contributed by atoms with Gasteiger partial charge in [0.2, 0.25) is 0 Å². The van der Waals surface area contributed by atoms with Gasteiger partial charge in [0, 0.05) is 17.9 Å². The molecule has 1 saturated heterocycles. The Bertz CT molecular complexity index is 679. The highest BCUT2D eigenvalue weighted by Gasteiger charge is 2.52. The summed E-state index contributed by atoms with van der Waals surface area (Å²) in [5, 5.41) is 1.28. The summed E-state index contributed by atoms with van der Waals surface area (Å²) in [5.74, 6) is 0.547. The van der Waals surface area contributed by atoms with E-state index in [1.165, 1.54) is 10.9 Å². The van der Waals surface area contributed by atoms with Crippen LogP contribution in [0.15, 0.2) is 24.3 Å². The summed E-state index contributed by atoms with van der Waals surface area (Å²) in [4.78, 5) is 3.48. The molecule has 22 heavy (non-hydrogen) atoms. The number of rotatable bonds is 3. The minimum atomic E-state index is -0.331. The van der Waals surface area contributed by atoms with Crippen LogP contribution >= 0.6 is 0 Å². The second-order valence-electron chi connectivity index (χ2n) is 7.43. The summed E-state index contributed by atoms with van der Waals surface area (Å²) >= 11 is 0. The van der Waals surface area contributed by atoms with Crippen LogP contribution in [0.5, 0.6) is 0 Å². The lowest BCUT2D eigenvalue weighted by Gasteiger charge is -2.32. The van der Waals surface area contributed by atoms with E-state index in [1.54, 1.807) is 0 Å². The Kier molecular flexibility index (Phi) is 3.65. The minimum absolute atomic E-state index is 0. The number of aromatic nitrogens is 1. The molecule has 4 heteroatoms. The molecule has 1 aromatic carbocycles. The summed E-state index contributed by atoms with van der Waals surface area (Å²) < 4.78 is 12.3. The lowest BCUT2D eigenvalue weighted by atomic mass is 9.84. The van der Waals surface area contributed by atoms with E-state index in [1.807, 2.05) is 0 Å². The molecule has 0 amide bonds. The maximum absolute atomic E-state index is 6.15. The van der Waals surface area contributed by atoms with Crippen LogP contribution in [0.4, 0.5) is 0 Å². The van der Waals surface area contributed by atoms with Gasteiger partial charge >= 0.3 is 7.12 Å². The SMILES string of the molecule is CCC(C)c1cccc2[nH]c(B3OC(C)(C)C(C)(C)O3)cc12.[HH]. The van der Waals surface area contributed by atoms with Gasteiger partial charge in [-0.1, -0.05) is 26.0 Å². The fraction of sp³-hybridized carbons (Fsp3) is 0.556. The van der Waals surface area contributed by atoms with Crippen molar-refractivity contribution < 1.29 is 10.7 Å². The van der Waals surface area contributed by atoms with Crippen LogP contribution < -0.4 is 5.59 Å². The zero-order valence-electron chi connectivity index (χ0n) is 14.5. The van der Waals surface area contributed by atoms with Crippen molar-refractivity contribution >= 4 is 23.6 Å². The molecule has 0 radical (unpaired) electrons. The van der Waals surface area contributed by atoms with Gasteiger partial charge in [-0.3, -0.25) is 0 Å². The predicted octanol–water partition coefficient (Wildman–Crippen LogP) is 4.23. The largest absolute Gasteiger partial charge is 0.512 e. The molecule has 1 aromatic heterocycles. The fourth-order valence-electron chi connectivity index (χ4n) is 2.95. The van der Waals surface area contributed by atoms with Gasteiger partial charge in [0.1, 0.15) is 0 Å². The van der Waals surface area contributed by atoms with Crippen molar-refractivity contribution in [3.8, 4) is 0 Å². The standard InChI is InChI=1S/C18H26BNO2.H2/c1-7-12(2)13-9-8-10-15-14(13)11-16(20-15)19-21-17(3,4)18(5,6)22-19;/h8-12,20H,7H2,1-6H3;1H. The van der Waals surface area contributed by atoms with Crippen LogP contribution in [-0.2, 0) is 9.31 Å². The van der Waals surface area contributed by atoms with Crippen LogP contribution in [0, 0.1) is 0 Å². The van der Waals surface area contributed by atoms with E-state index < -0.39 is 0 Å². The summed E-state index contributed by atoms with van der Waals surface area (Å²) in [6, 6.07) is 8.65. The molecular weight excluding hydrogens is 273 g/mol. The van der Waals surface area contributed by atoms with E-state index in [2.05, 4.69) is 70.8 Å². The number of nitrogens with one attached hydrogen (secondary N) is 1. The van der Waals surface area contributed by atoms with Crippen LogP contribution in [0.1, 0.15) is 60.9 Å². The summed E-state index contributed by atoms with van der Waals surface area (Å²) in [6.45, 7) is 12.8. The van der Waals surface area contributed by atoms with Crippen LogP contribution in [-0.4, -0.2) is 23.3 Å². The third-order valence-corrected chi connectivity index (χ3v) is 5.37. The van der Waals surface area contributed by atoms with E-state index in [-0.39, 0.29) is 19.7 Å². The molecule has 0 aliphatic carbocycles. The summed E-state index contributed by atoms with van der Waals surface area (Å²) in [6.07, 6.45) is 1.14. The number of benzene rings is 1. The summed E-state index contributed by atoms with van der Waals surface area (Å²) in [7, 11) is -0.331. The Morgan fingerprint density at radius 1 is 1.18 bits per heavy atom. The Morgan fingerprint density at radius 3 is 2.41 bits per heavy atom. The Labute approximate surface area is 135 Å². The zero-order chi connectivity index (χ0) is 16.1. The monoisotopic (exact) mass is 301 g/mol. The Balaban J connectivity index is 0.00000192. The van der Waals surface area contributed by atoms with Crippen molar-refractivity contribution in [2.75, 3.05) is 0 Å². The maximum atomic E-state index is 6.15. The smallest absolute Gasteiger partial charge is 0.398 e. The third kappa shape index (κ3) is 2.39. The Morgan fingerprint density at radius 2 is 1.82 bits per heavy atom. The van der Waals surface area contributed by atoms with E-state index in [4.69, 9.17) is 9.31 Å². The first-order valence-electron chi connectivity index (χ1n) is 8.22. The highest BCUT2D eigenvalue weighted by Crippen LogP contribution is 2.37. The van der Waals surface area contributed by atoms with E-state index >= 15 is 0 Å². The van der Waals surface area contributed by atoms with Crippen molar-refractivity contribution in [2.45, 2.75) is 65.1 Å². The van der Waals surface area contributed by atoms with Crippen LogP contribution in [0.3, 0.4) is 0 Å². The Hall–Kier alpha value is -1.26. The van der Waals surface area contributed by atoms with Gasteiger partial charge in [-0.2, -0.15) is 0 Å². The van der Waals surface area contributed by atoms with Crippen LogP contribution in [0.25, 0.3) is 10.9 Å². The van der Waals surface area contributed by atoms with Gasteiger partial charge in [-0.25, -0.2) is 0 Å². The first-order valence-corrected chi connectivity index (χ1v) is 8.22. The molecule has 0 spiro atoms. The first-order chi connectivity index (χ1) is 10.2. The predicted molar refractivity (Wildman–Crippen MR) is 94.8 cm³/mol. The lowest BCUT2D eigenvalue weighted by molar-refractivity contribution is 0.00578. The van der Waals surface area contributed by atoms with Gasteiger partial charge in [-0.05, 0) is 57.7 Å². The highest BCUT2D eigenvalue weighted by atomic mass is 16.7. The molecule has 0 saturated carbocycles. The molecule has 1 unspecified atom stereocenters. The van der Waals surface area contributed by atoms with Gasteiger partial charge in [0.05, 0.1) is 11.2 Å². The van der Waals surface area contributed by atoms with Crippen molar-refractivity contribution in [1.29, 1.82) is 0 Å². The molecule has 1 N–H and O–H groups in total. The third-order valence-electron chi connectivity index (χ3n) is 5.37. The number of hydrogen-bond acceptors (Lipinski definition) is 2. The molecular formula is C18H28BNO2. The zero-order valence-corrected chi connectivity index (χ0v) is 14.5. The van der Waals surface area contributed by atoms with Gasteiger partial charge in [-0.15, -0.1) is 0 Å². The fourth-order valence-corrected chi connectivity index (χ4v) is 2.95. The highest BCUT2D eigenvalue weighted by molar-refractivity contribution is 6.61. The molecule has 1 aliphatic rings. The van der Waals surface area contributed by atoms with Crippen molar-refractivity contribution in [3.05, 3.63) is 29.8 Å². The first kappa shape index (κ1) is 15.6. The molecule has 3 rings (SSSR count). The molecule has 1 fully saturated rings. The van der Waals surface area contributed by atoms with E-state index in [9.17, 15) is 0 Å². The molecule has 0 bridgehead atoms. The average molecular weight is 301 g/mol. The van der Waals surface area contributed by atoms with Crippen molar-refractivity contribution in [3.63, 3.8) is 0 Å². The molecule has 1 aliphatic heterocycles. The van der Waals surface area contributed by atoms with Crippen molar-refractivity contribution in [2.24, 2.45) is 0 Å². The minimum Gasteiger partial charge on any atom is -0.398 e. The van der Waals surface area contributed by atoms with Crippen molar-refractivity contribution in [1.82, 2.24) is 4.98 Å². The lowest BCUT2D eigenvalue weighted by Crippen LogP contribution is -2.41. The number of fused-ring (bicyclic) bond motifs is 1. The average Bonchev–Trinajstić information content (AvgIpc) is 2.96. The summed E-state index contributed by atoms with van der Waals surface area (Å²) in [5.41, 5.74) is 2.93.